The number of hydrogen-bond donors (Lipinski definition) is 1. The van der Waals surface area contributed by atoms with Gasteiger partial charge in [0.2, 0.25) is 0 Å². The van der Waals surface area contributed by atoms with E-state index in [1.807, 2.05) is 6.92 Å². The zero-order chi connectivity index (χ0) is 12.1. The summed E-state index contributed by atoms with van der Waals surface area (Å²) in [5.41, 5.74) is 0. The highest BCUT2D eigenvalue weighted by atomic mass is 35.5. The van der Waals surface area contributed by atoms with E-state index < -0.39 is 0 Å². The van der Waals surface area contributed by atoms with Gasteiger partial charge < -0.3 is 14.8 Å². The number of carbonyl (C=O) groups excluding carboxylic acids is 1. The molecule has 0 aliphatic carbocycles. The van der Waals surface area contributed by atoms with Crippen LogP contribution in [0.3, 0.4) is 0 Å². The Morgan fingerprint density at radius 3 is 2.62 bits per heavy atom. The van der Waals surface area contributed by atoms with Crippen molar-refractivity contribution < 1.29 is 14.3 Å². The van der Waals surface area contributed by atoms with Gasteiger partial charge in [0.25, 0.3) is 0 Å². The number of amides is 1. The molecule has 0 radical (unpaired) electrons. The van der Waals surface area contributed by atoms with Gasteiger partial charge in [-0.15, -0.1) is 11.6 Å². The average molecular weight is 252 g/mol. The number of ether oxygens (including phenoxy) is 2. The van der Waals surface area contributed by atoms with Crippen molar-refractivity contribution >= 4 is 17.7 Å². The molecule has 0 rings (SSSR count). The molecule has 4 nitrogen and oxygen atoms in total. The van der Waals surface area contributed by atoms with Gasteiger partial charge in [0, 0.05) is 19.0 Å². The summed E-state index contributed by atoms with van der Waals surface area (Å²) in [5, 5.41) is 2.69. The summed E-state index contributed by atoms with van der Waals surface area (Å²) >= 11 is 5.55. The fourth-order valence-electron chi connectivity index (χ4n) is 1.15. The van der Waals surface area contributed by atoms with Crippen LogP contribution in [0.4, 0.5) is 4.79 Å². The second kappa shape index (κ2) is 12.6. The first-order valence-electron chi connectivity index (χ1n) is 5.85. The van der Waals surface area contributed by atoms with Gasteiger partial charge in [0.15, 0.2) is 0 Å². The van der Waals surface area contributed by atoms with Gasteiger partial charge >= 0.3 is 6.09 Å². The van der Waals surface area contributed by atoms with E-state index in [-0.39, 0.29) is 6.09 Å². The highest BCUT2D eigenvalue weighted by molar-refractivity contribution is 6.17. The van der Waals surface area contributed by atoms with Crippen molar-refractivity contribution in [3.63, 3.8) is 0 Å². The third-order valence-corrected chi connectivity index (χ3v) is 2.26. The van der Waals surface area contributed by atoms with E-state index in [2.05, 4.69) is 5.32 Å². The topological polar surface area (TPSA) is 47.6 Å². The van der Waals surface area contributed by atoms with Crippen molar-refractivity contribution in [2.45, 2.75) is 32.6 Å². The highest BCUT2D eigenvalue weighted by Gasteiger charge is 1.99. The first-order chi connectivity index (χ1) is 7.81. The molecule has 0 bridgehead atoms. The Morgan fingerprint density at radius 1 is 1.19 bits per heavy atom. The van der Waals surface area contributed by atoms with E-state index in [1.54, 1.807) is 0 Å². The normalized spacial score (nSPS) is 10.1. The molecule has 0 aromatic heterocycles. The molecule has 0 aromatic rings. The van der Waals surface area contributed by atoms with E-state index in [9.17, 15) is 4.79 Å². The third kappa shape index (κ3) is 11.6. The summed E-state index contributed by atoms with van der Waals surface area (Å²) in [5.74, 6) is 0.715. The molecule has 0 atom stereocenters. The summed E-state index contributed by atoms with van der Waals surface area (Å²) in [4.78, 5) is 11.1. The molecule has 0 fully saturated rings. The van der Waals surface area contributed by atoms with E-state index >= 15 is 0 Å². The zero-order valence-electron chi connectivity index (χ0n) is 9.97. The van der Waals surface area contributed by atoms with Gasteiger partial charge in [-0.3, -0.25) is 0 Å². The Hall–Kier alpha value is -0.480. The Morgan fingerprint density at radius 2 is 1.94 bits per heavy atom. The number of rotatable bonds is 10. The lowest BCUT2D eigenvalue weighted by Gasteiger charge is -2.06. The predicted octanol–water partition coefficient (Wildman–Crippen LogP) is 2.55. The van der Waals surface area contributed by atoms with Crippen molar-refractivity contribution in [2.24, 2.45) is 0 Å². The Bertz CT molecular complexity index is 167. The molecule has 0 aliphatic heterocycles. The van der Waals surface area contributed by atoms with Crippen LogP contribution in [0.2, 0.25) is 0 Å². The first kappa shape index (κ1) is 15.5. The van der Waals surface area contributed by atoms with Crippen molar-refractivity contribution in [1.82, 2.24) is 5.32 Å². The molecule has 16 heavy (non-hydrogen) atoms. The van der Waals surface area contributed by atoms with Crippen molar-refractivity contribution in [1.29, 1.82) is 0 Å². The van der Waals surface area contributed by atoms with Crippen LogP contribution in [0.25, 0.3) is 0 Å². The Kier molecular flexibility index (Phi) is 12.2. The summed E-state index contributed by atoms with van der Waals surface area (Å²) < 4.78 is 9.91. The van der Waals surface area contributed by atoms with Gasteiger partial charge in [-0.05, 0) is 19.8 Å². The summed E-state index contributed by atoms with van der Waals surface area (Å²) in [7, 11) is 0. The Labute approximate surface area is 103 Å². The lowest BCUT2D eigenvalue weighted by Crippen LogP contribution is -2.26. The van der Waals surface area contributed by atoms with Crippen LogP contribution in [0.5, 0.6) is 0 Å². The molecule has 96 valence electrons. The Balaban J connectivity index is 3.11. The lowest BCUT2D eigenvalue weighted by molar-refractivity contribution is 0.0788. The second-order valence-electron chi connectivity index (χ2n) is 3.36. The molecule has 0 saturated heterocycles. The number of carbonyl (C=O) groups is 1. The SMILES string of the molecule is CCOCCOC(=O)NCCCCCCCl. The molecule has 0 spiro atoms. The summed E-state index contributed by atoms with van der Waals surface area (Å²) in [6.45, 7) is 3.98. The molecule has 1 N–H and O–H groups in total. The van der Waals surface area contributed by atoms with Crippen molar-refractivity contribution in [2.75, 3.05) is 32.2 Å². The minimum absolute atomic E-state index is 0.311. The van der Waals surface area contributed by atoms with Gasteiger partial charge in [0.1, 0.15) is 6.61 Å². The van der Waals surface area contributed by atoms with Crippen LogP contribution < -0.4 is 5.32 Å². The van der Waals surface area contributed by atoms with E-state index in [0.717, 1.165) is 25.7 Å². The number of nitrogens with one attached hydrogen (secondary N) is 1. The van der Waals surface area contributed by atoms with Crippen molar-refractivity contribution in [3.8, 4) is 0 Å². The number of alkyl halides is 1. The number of unbranched alkanes of at least 4 members (excludes halogenated alkanes) is 3. The zero-order valence-corrected chi connectivity index (χ0v) is 10.7. The van der Waals surface area contributed by atoms with Gasteiger partial charge in [0.05, 0.1) is 6.61 Å². The minimum Gasteiger partial charge on any atom is -0.447 e. The van der Waals surface area contributed by atoms with E-state index in [1.165, 1.54) is 0 Å². The van der Waals surface area contributed by atoms with Gasteiger partial charge in [-0.1, -0.05) is 12.8 Å². The smallest absolute Gasteiger partial charge is 0.407 e. The standard InChI is InChI=1S/C11H22ClNO3/c1-2-15-9-10-16-11(14)13-8-6-4-3-5-7-12/h2-10H2,1H3,(H,13,14). The van der Waals surface area contributed by atoms with Crippen LogP contribution >= 0.6 is 11.6 Å². The van der Waals surface area contributed by atoms with Crippen LogP contribution in [0, 0.1) is 0 Å². The van der Waals surface area contributed by atoms with Crippen LogP contribution in [0.15, 0.2) is 0 Å². The summed E-state index contributed by atoms with van der Waals surface area (Å²) in [6.07, 6.45) is 3.85. The molecular formula is C11H22ClNO3. The molecule has 0 heterocycles. The molecule has 0 unspecified atom stereocenters. The highest BCUT2D eigenvalue weighted by Crippen LogP contribution is 1.99. The van der Waals surface area contributed by atoms with Crippen LogP contribution in [0.1, 0.15) is 32.6 Å². The largest absolute Gasteiger partial charge is 0.447 e. The van der Waals surface area contributed by atoms with Gasteiger partial charge in [-0.25, -0.2) is 4.79 Å². The maximum Gasteiger partial charge on any atom is 0.407 e. The average Bonchev–Trinajstić information content (AvgIpc) is 2.29. The van der Waals surface area contributed by atoms with E-state index in [4.69, 9.17) is 21.1 Å². The molecule has 5 heteroatoms. The number of halogens is 1. The monoisotopic (exact) mass is 251 g/mol. The summed E-state index contributed by atoms with van der Waals surface area (Å²) in [6, 6.07) is 0. The molecule has 0 aliphatic rings. The quantitative estimate of drug-likeness (QED) is 0.480. The minimum atomic E-state index is -0.364. The molecule has 0 saturated carbocycles. The fourth-order valence-corrected chi connectivity index (χ4v) is 1.34. The maximum atomic E-state index is 11.1. The van der Waals surface area contributed by atoms with E-state index in [0.29, 0.717) is 32.2 Å². The molecular weight excluding hydrogens is 230 g/mol. The van der Waals surface area contributed by atoms with Crippen molar-refractivity contribution in [3.05, 3.63) is 0 Å². The fraction of sp³-hybridized carbons (Fsp3) is 0.909. The maximum absolute atomic E-state index is 11.1. The predicted molar refractivity (Wildman–Crippen MR) is 65.0 cm³/mol. The van der Waals surface area contributed by atoms with Gasteiger partial charge in [-0.2, -0.15) is 0 Å². The molecule has 0 aromatic carbocycles. The number of hydrogen-bond acceptors (Lipinski definition) is 3. The number of alkyl carbamates (subject to hydrolysis) is 1. The molecule has 1 amide bonds. The lowest BCUT2D eigenvalue weighted by atomic mass is 10.2. The van der Waals surface area contributed by atoms with Crippen LogP contribution in [-0.2, 0) is 9.47 Å². The van der Waals surface area contributed by atoms with Crippen LogP contribution in [-0.4, -0.2) is 38.3 Å². The first-order valence-corrected chi connectivity index (χ1v) is 6.39. The second-order valence-corrected chi connectivity index (χ2v) is 3.74. The third-order valence-electron chi connectivity index (χ3n) is 1.99.